The predicted octanol–water partition coefficient (Wildman–Crippen LogP) is 6.46. The summed E-state index contributed by atoms with van der Waals surface area (Å²) in [5.41, 5.74) is -1.20. The summed E-state index contributed by atoms with van der Waals surface area (Å²) in [4.78, 5) is 40.5. The zero-order valence-corrected chi connectivity index (χ0v) is 26.1. The molecule has 0 radical (unpaired) electrons. The largest absolute Gasteiger partial charge is 0.495 e. The first-order valence-corrected chi connectivity index (χ1v) is 14.6. The number of hydrogen-bond acceptors (Lipinski definition) is 6. The smallest absolute Gasteiger partial charge is 0.340 e. The Morgan fingerprint density at radius 2 is 1.80 bits per heavy atom. The average Bonchev–Trinajstić information content (AvgIpc) is 3.43. The van der Waals surface area contributed by atoms with Gasteiger partial charge in [0.2, 0.25) is 11.8 Å². The van der Waals surface area contributed by atoms with Crippen LogP contribution in [0.5, 0.6) is 5.75 Å². The van der Waals surface area contributed by atoms with E-state index < -0.39 is 52.8 Å². The van der Waals surface area contributed by atoms with Crippen molar-refractivity contribution < 1.29 is 32.6 Å². The molecule has 0 bridgehead atoms. The molecule has 2 aliphatic rings. The molecule has 3 aromatic rings. The lowest BCUT2D eigenvalue weighted by Gasteiger charge is -2.37. The van der Waals surface area contributed by atoms with E-state index in [1.807, 2.05) is 20.8 Å². The van der Waals surface area contributed by atoms with Crippen LogP contribution >= 0.6 is 23.2 Å². The third-order valence-corrected chi connectivity index (χ3v) is 8.70. The van der Waals surface area contributed by atoms with Crippen molar-refractivity contribution in [2.45, 2.75) is 50.6 Å². The lowest BCUT2D eigenvalue weighted by atomic mass is 9.62. The Balaban J connectivity index is 1.70. The number of rotatable bonds is 6. The minimum Gasteiger partial charge on any atom is -0.495 e. The Bertz CT molecular complexity index is 1680. The molecular weight excluding hydrogens is 615 g/mol. The Labute approximate surface area is 263 Å². The van der Waals surface area contributed by atoms with Crippen LogP contribution in [0.1, 0.15) is 54.6 Å². The first-order valence-electron chi connectivity index (χ1n) is 13.8. The van der Waals surface area contributed by atoms with E-state index in [0.717, 1.165) is 19.2 Å². The van der Waals surface area contributed by atoms with Gasteiger partial charge in [-0.1, -0.05) is 62.2 Å². The van der Waals surface area contributed by atoms with E-state index in [1.165, 1.54) is 19.2 Å². The van der Waals surface area contributed by atoms with E-state index in [9.17, 15) is 18.8 Å². The third-order valence-electron chi connectivity index (χ3n) is 8.17. The van der Waals surface area contributed by atoms with Gasteiger partial charge in [0.1, 0.15) is 22.8 Å². The predicted molar refractivity (Wildman–Crippen MR) is 164 cm³/mol. The highest BCUT2D eigenvalue weighted by Gasteiger charge is 2.66. The van der Waals surface area contributed by atoms with Crippen LogP contribution in [0.4, 0.5) is 20.2 Å². The molecule has 4 atom stereocenters. The number of methoxy groups -OCH3 is 2. The summed E-state index contributed by atoms with van der Waals surface area (Å²) in [6.45, 7) is 5.99. The van der Waals surface area contributed by atoms with E-state index in [-0.39, 0.29) is 33.0 Å². The average molecular weight is 647 g/mol. The van der Waals surface area contributed by atoms with Gasteiger partial charge in [0.15, 0.2) is 0 Å². The summed E-state index contributed by atoms with van der Waals surface area (Å²) in [6, 6.07) is 9.60. The van der Waals surface area contributed by atoms with Gasteiger partial charge in [0.25, 0.3) is 0 Å². The van der Waals surface area contributed by atoms with E-state index in [0.29, 0.717) is 22.7 Å². The maximum absolute atomic E-state index is 16.0. The number of fused-ring (bicyclic) bond motifs is 2. The van der Waals surface area contributed by atoms with E-state index >= 15 is 4.39 Å². The van der Waals surface area contributed by atoms with Gasteiger partial charge in [0.05, 0.1) is 36.5 Å². The minimum atomic E-state index is -1.47. The highest BCUT2D eigenvalue weighted by molar-refractivity contribution is 6.31. The standard InChI is InChI=1S/C32H31Cl2F2N3O5/c1-31(2,3)14-24-32(18-10-9-15(33)11-21(18)38-30(32)42)25(16-7-6-8-19(34)26(16)36)27(39-24)28(40)37-22-13-20(35)17(29(41)44-5)12-23(22)43-4/h6-13,24-25,27,39H,14H2,1-5H3,(H,37,40)(H,38,42)/t24-,25-,27+,32?/m0/s1. The summed E-state index contributed by atoms with van der Waals surface area (Å²) in [6.07, 6.45) is 0.413. The fraction of sp³-hybridized carbons (Fsp3) is 0.344. The number of halogens is 4. The molecule has 2 amide bonds. The fourth-order valence-electron chi connectivity index (χ4n) is 6.45. The third kappa shape index (κ3) is 5.29. The summed E-state index contributed by atoms with van der Waals surface area (Å²) >= 11 is 12.5. The molecule has 2 heterocycles. The molecule has 1 spiro atoms. The molecule has 0 aliphatic carbocycles. The van der Waals surface area contributed by atoms with Gasteiger partial charge in [0, 0.05) is 28.7 Å². The summed E-state index contributed by atoms with van der Waals surface area (Å²) in [7, 11) is 2.40. The number of esters is 1. The molecule has 3 aromatic carbocycles. The zero-order valence-electron chi connectivity index (χ0n) is 24.6. The van der Waals surface area contributed by atoms with Crippen molar-refractivity contribution in [1.29, 1.82) is 0 Å². The van der Waals surface area contributed by atoms with Gasteiger partial charge in [-0.25, -0.2) is 13.6 Å². The topological polar surface area (TPSA) is 106 Å². The van der Waals surface area contributed by atoms with Crippen molar-refractivity contribution in [3.8, 4) is 5.75 Å². The van der Waals surface area contributed by atoms with Gasteiger partial charge < -0.3 is 25.4 Å². The van der Waals surface area contributed by atoms with Crippen LogP contribution in [-0.4, -0.2) is 44.1 Å². The second-order valence-corrected chi connectivity index (χ2v) is 13.0. The van der Waals surface area contributed by atoms with Crippen LogP contribution in [0.3, 0.4) is 0 Å². The van der Waals surface area contributed by atoms with E-state index in [1.54, 1.807) is 24.3 Å². The van der Waals surface area contributed by atoms with Gasteiger partial charge in [-0.05, 0) is 47.2 Å². The van der Waals surface area contributed by atoms with Crippen molar-refractivity contribution in [3.05, 3.63) is 86.9 Å². The number of anilines is 2. The fourth-order valence-corrected chi connectivity index (χ4v) is 6.80. The quantitative estimate of drug-likeness (QED) is 0.266. The van der Waals surface area contributed by atoms with Crippen molar-refractivity contribution >= 4 is 52.4 Å². The molecule has 2 aliphatic heterocycles. The molecule has 3 N–H and O–H groups in total. The Kier molecular flexibility index (Phi) is 8.39. The molecule has 8 nitrogen and oxygen atoms in total. The first kappa shape index (κ1) is 31.7. The minimum absolute atomic E-state index is 0.0109. The number of hydrogen-bond donors (Lipinski definition) is 3. The normalized spacial score (nSPS) is 22.5. The van der Waals surface area contributed by atoms with Crippen molar-refractivity contribution in [1.82, 2.24) is 5.32 Å². The second kappa shape index (κ2) is 11.6. The van der Waals surface area contributed by atoms with Crippen LogP contribution in [-0.2, 0) is 19.7 Å². The second-order valence-electron chi connectivity index (χ2n) is 12.1. The first-order chi connectivity index (χ1) is 20.7. The molecule has 1 unspecified atom stereocenters. The van der Waals surface area contributed by atoms with Gasteiger partial charge in [-0.2, -0.15) is 0 Å². The number of carbonyl (C=O) groups excluding carboxylic acids is 3. The zero-order chi connectivity index (χ0) is 32.1. The van der Waals surface area contributed by atoms with Crippen molar-refractivity contribution in [2.24, 2.45) is 5.41 Å². The van der Waals surface area contributed by atoms with Crippen LogP contribution in [0.2, 0.25) is 10.0 Å². The molecule has 0 aromatic heterocycles. The monoisotopic (exact) mass is 645 g/mol. The van der Waals surface area contributed by atoms with Crippen molar-refractivity contribution in [2.75, 3.05) is 24.9 Å². The number of amides is 2. The molecular formula is C32H31Cl2F2N3O5. The molecule has 5 rings (SSSR count). The number of ether oxygens (including phenoxy) is 2. The lowest BCUT2D eigenvalue weighted by molar-refractivity contribution is -0.122. The molecule has 1 saturated heterocycles. The van der Waals surface area contributed by atoms with Crippen LogP contribution in [0, 0.1) is 17.0 Å². The number of nitrogens with one attached hydrogen (secondary N) is 3. The van der Waals surface area contributed by atoms with Gasteiger partial charge >= 0.3 is 5.97 Å². The molecule has 12 heteroatoms. The maximum Gasteiger partial charge on any atom is 0.340 e. The number of carbonyl (C=O) groups is 3. The SMILES string of the molecule is COC(=O)c1cc(OC)c(NC(=O)[C@@H]2N[C@@H](CC(C)(C)C)C3(C(=O)Nc4cc(Cl)ccc43)[C@H]2c2cccc(Cl)c2F)cc1F. The molecule has 232 valence electrons. The lowest BCUT2D eigenvalue weighted by Crippen LogP contribution is -2.49. The molecule has 44 heavy (non-hydrogen) atoms. The molecule has 1 fully saturated rings. The van der Waals surface area contributed by atoms with Crippen LogP contribution in [0.15, 0.2) is 48.5 Å². The number of benzene rings is 3. The summed E-state index contributed by atoms with van der Waals surface area (Å²) < 4.78 is 40.9. The van der Waals surface area contributed by atoms with Crippen LogP contribution in [0.25, 0.3) is 0 Å². The van der Waals surface area contributed by atoms with E-state index in [2.05, 4.69) is 20.7 Å². The highest BCUT2D eigenvalue weighted by atomic mass is 35.5. The summed E-state index contributed by atoms with van der Waals surface area (Å²) in [5, 5.41) is 9.15. The Morgan fingerprint density at radius 3 is 2.45 bits per heavy atom. The molecule has 0 saturated carbocycles. The van der Waals surface area contributed by atoms with Gasteiger partial charge in [-0.15, -0.1) is 0 Å². The Morgan fingerprint density at radius 1 is 1.07 bits per heavy atom. The van der Waals surface area contributed by atoms with Crippen LogP contribution < -0.4 is 20.7 Å². The van der Waals surface area contributed by atoms with Crippen molar-refractivity contribution in [3.63, 3.8) is 0 Å². The Hall–Kier alpha value is -3.73. The van der Waals surface area contributed by atoms with E-state index in [4.69, 9.17) is 27.9 Å². The highest BCUT2D eigenvalue weighted by Crippen LogP contribution is 2.57. The maximum atomic E-state index is 16.0. The summed E-state index contributed by atoms with van der Waals surface area (Å²) in [5.74, 6) is -4.88. The van der Waals surface area contributed by atoms with Gasteiger partial charge in [-0.3, -0.25) is 9.59 Å².